The van der Waals surface area contributed by atoms with Gasteiger partial charge in [0.15, 0.2) is 0 Å². The van der Waals surface area contributed by atoms with Crippen LogP contribution in [0.1, 0.15) is 64.2 Å². The van der Waals surface area contributed by atoms with Crippen LogP contribution in [0.2, 0.25) is 0 Å². The van der Waals surface area contributed by atoms with Crippen molar-refractivity contribution < 1.29 is 29.3 Å². The molecule has 0 aromatic rings. The molecule has 0 saturated carbocycles. The average molecular weight is 455 g/mol. The van der Waals surface area contributed by atoms with Crippen molar-refractivity contribution in [3.63, 3.8) is 0 Å². The predicted molar refractivity (Wildman–Crippen MR) is 123 cm³/mol. The summed E-state index contributed by atoms with van der Waals surface area (Å²) in [5.74, 6) is -2.16. The molecule has 0 bridgehead atoms. The quantitative estimate of drug-likeness (QED) is 0.271. The highest BCUT2D eigenvalue weighted by atomic mass is 16.5. The Morgan fingerprint density at radius 2 is 0.906 bits per heavy atom. The van der Waals surface area contributed by atoms with Gasteiger partial charge in [0.25, 0.3) is 0 Å². The number of rotatable bonds is 16. The standard InChI is InChI=1S/C24H42N2O6/c27-23(28)21(9-5-1-3-7-11-25-13-17-31-18-14-25)22(24(29)30)10-6-2-4-8-12-26-15-19-32-20-16-26/h1-20H2,(H,27,28)(H,29,30). The summed E-state index contributed by atoms with van der Waals surface area (Å²) in [4.78, 5) is 28.2. The second-order valence-corrected chi connectivity index (χ2v) is 8.80. The molecule has 2 aliphatic rings. The van der Waals surface area contributed by atoms with Crippen molar-refractivity contribution in [3.05, 3.63) is 11.1 Å². The Hall–Kier alpha value is -1.48. The molecule has 0 amide bonds. The van der Waals surface area contributed by atoms with Crippen LogP contribution in [0.15, 0.2) is 11.1 Å². The third-order valence-corrected chi connectivity index (χ3v) is 6.39. The minimum Gasteiger partial charge on any atom is -0.478 e. The molecule has 8 heteroatoms. The summed E-state index contributed by atoms with van der Waals surface area (Å²) in [5, 5.41) is 19.2. The summed E-state index contributed by atoms with van der Waals surface area (Å²) < 4.78 is 10.7. The Balaban J connectivity index is 1.64. The molecular weight excluding hydrogens is 412 g/mol. The van der Waals surface area contributed by atoms with Crippen molar-refractivity contribution in [2.45, 2.75) is 64.2 Å². The maximum atomic E-state index is 11.7. The number of ether oxygens (including phenoxy) is 2. The monoisotopic (exact) mass is 454 g/mol. The Kier molecular flexibility index (Phi) is 13.5. The number of morpholine rings is 2. The first kappa shape index (κ1) is 26.8. The van der Waals surface area contributed by atoms with Crippen molar-refractivity contribution in [1.82, 2.24) is 9.80 Å². The minimum atomic E-state index is -1.08. The maximum Gasteiger partial charge on any atom is 0.332 e. The fourth-order valence-corrected chi connectivity index (χ4v) is 4.40. The van der Waals surface area contributed by atoms with Gasteiger partial charge in [-0.1, -0.05) is 25.7 Å². The molecule has 0 atom stereocenters. The molecule has 0 aromatic carbocycles. The summed E-state index contributed by atoms with van der Waals surface area (Å²) in [7, 11) is 0. The lowest BCUT2D eigenvalue weighted by Crippen LogP contribution is -2.36. The molecular formula is C24H42N2O6. The molecule has 2 N–H and O–H groups in total. The lowest BCUT2D eigenvalue weighted by Gasteiger charge is -2.26. The second-order valence-electron chi connectivity index (χ2n) is 8.80. The first-order chi connectivity index (χ1) is 15.6. The Bertz CT molecular complexity index is 533. The Morgan fingerprint density at radius 3 is 1.25 bits per heavy atom. The number of carboxylic acid groups (broad SMARTS) is 2. The number of aliphatic carboxylic acids is 2. The molecule has 0 spiro atoms. The normalized spacial score (nSPS) is 19.0. The van der Waals surface area contributed by atoms with Gasteiger partial charge in [0.05, 0.1) is 26.4 Å². The van der Waals surface area contributed by atoms with Crippen LogP contribution >= 0.6 is 0 Å². The third kappa shape index (κ3) is 10.9. The van der Waals surface area contributed by atoms with E-state index in [9.17, 15) is 19.8 Å². The van der Waals surface area contributed by atoms with Gasteiger partial charge in [0.1, 0.15) is 0 Å². The molecule has 32 heavy (non-hydrogen) atoms. The van der Waals surface area contributed by atoms with Gasteiger partial charge in [-0.05, 0) is 51.6 Å². The van der Waals surface area contributed by atoms with E-state index in [1.54, 1.807) is 0 Å². The van der Waals surface area contributed by atoms with E-state index in [-0.39, 0.29) is 11.1 Å². The van der Waals surface area contributed by atoms with Crippen molar-refractivity contribution in [2.75, 3.05) is 65.7 Å². The SMILES string of the molecule is O=C(O)C(CCCCCCN1CCOCC1)=C(CCCCCCN1CCOCC1)C(=O)O. The van der Waals surface area contributed by atoms with Crippen molar-refractivity contribution in [1.29, 1.82) is 0 Å². The van der Waals surface area contributed by atoms with E-state index < -0.39 is 11.9 Å². The summed E-state index contributed by atoms with van der Waals surface area (Å²) in [6, 6.07) is 0. The largest absolute Gasteiger partial charge is 0.478 e. The Morgan fingerprint density at radius 1 is 0.562 bits per heavy atom. The molecule has 0 unspecified atom stereocenters. The fraction of sp³-hybridized carbons (Fsp3) is 0.833. The lowest BCUT2D eigenvalue weighted by atomic mass is 9.96. The van der Waals surface area contributed by atoms with Gasteiger partial charge < -0.3 is 19.7 Å². The minimum absolute atomic E-state index is 0.0963. The van der Waals surface area contributed by atoms with Crippen LogP contribution in [0.25, 0.3) is 0 Å². The van der Waals surface area contributed by atoms with Crippen molar-refractivity contribution in [2.24, 2.45) is 0 Å². The highest BCUT2D eigenvalue weighted by molar-refractivity contribution is 5.98. The van der Waals surface area contributed by atoms with E-state index in [1.807, 2.05) is 0 Å². The van der Waals surface area contributed by atoms with Crippen LogP contribution in [-0.4, -0.2) is 97.6 Å². The first-order valence-corrected chi connectivity index (χ1v) is 12.4. The van der Waals surface area contributed by atoms with Crippen LogP contribution in [-0.2, 0) is 19.1 Å². The third-order valence-electron chi connectivity index (χ3n) is 6.39. The summed E-state index contributed by atoms with van der Waals surface area (Å²) in [6.45, 7) is 9.27. The van der Waals surface area contributed by atoms with E-state index in [2.05, 4.69) is 9.80 Å². The molecule has 2 aliphatic heterocycles. The smallest absolute Gasteiger partial charge is 0.332 e. The van der Waals surface area contributed by atoms with Crippen LogP contribution in [0, 0.1) is 0 Å². The number of carboxylic acids is 2. The van der Waals surface area contributed by atoms with Crippen LogP contribution in [0.3, 0.4) is 0 Å². The van der Waals surface area contributed by atoms with Gasteiger partial charge >= 0.3 is 11.9 Å². The summed E-state index contributed by atoms with van der Waals surface area (Å²) in [6.07, 6.45) is 8.22. The van der Waals surface area contributed by atoms with E-state index >= 15 is 0 Å². The van der Waals surface area contributed by atoms with E-state index in [0.717, 1.165) is 117 Å². The molecule has 2 heterocycles. The highest BCUT2D eigenvalue weighted by Gasteiger charge is 2.19. The van der Waals surface area contributed by atoms with Crippen LogP contribution in [0.5, 0.6) is 0 Å². The molecule has 2 saturated heterocycles. The number of hydrogen-bond acceptors (Lipinski definition) is 6. The predicted octanol–water partition coefficient (Wildman–Crippen LogP) is 3.02. The zero-order valence-corrected chi connectivity index (χ0v) is 19.6. The van der Waals surface area contributed by atoms with Gasteiger partial charge in [-0.25, -0.2) is 9.59 Å². The van der Waals surface area contributed by atoms with E-state index in [1.165, 1.54) is 0 Å². The number of carbonyl (C=O) groups is 2. The molecule has 2 fully saturated rings. The number of nitrogens with zero attached hydrogens (tertiary/aromatic N) is 2. The van der Waals surface area contributed by atoms with Gasteiger partial charge in [-0.15, -0.1) is 0 Å². The highest BCUT2D eigenvalue weighted by Crippen LogP contribution is 2.21. The maximum absolute atomic E-state index is 11.7. The van der Waals surface area contributed by atoms with Crippen molar-refractivity contribution >= 4 is 11.9 Å². The number of unbranched alkanes of at least 4 members (excludes halogenated alkanes) is 6. The molecule has 2 rings (SSSR count). The zero-order valence-electron chi connectivity index (χ0n) is 19.6. The van der Waals surface area contributed by atoms with Crippen LogP contribution < -0.4 is 0 Å². The van der Waals surface area contributed by atoms with E-state index in [4.69, 9.17) is 9.47 Å². The molecule has 0 aliphatic carbocycles. The van der Waals surface area contributed by atoms with E-state index in [0.29, 0.717) is 12.8 Å². The van der Waals surface area contributed by atoms with Crippen LogP contribution in [0.4, 0.5) is 0 Å². The van der Waals surface area contributed by atoms with Gasteiger partial charge in [0, 0.05) is 37.3 Å². The molecule has 184 valence electrons. The first-order valence-electron chi connectivity index (χ1n) is 12.4. The zero-order chi connectivity index (χ0) is 23.0. The lowest BCUT2D eigenvalue weighted by molar-refractivity contribution is -0.136. The summed E-state index contributed by atoms with van der Waals surface area (Å²) in [5.41, 5.74) is 0.193. The summed E-state index contributed by atoms with van der Waals surface area (Å²) >= 11 is 0. The van der Waals surface area contributed by atoms with Gasteiger partial charge in [-0.2, -0.15) is 0 Å². The molecule has 8 nitrogen and oxygen atoms in total. The second kappa shape index (κ2) is 16.2. The Labute approximate surface area is 192 Å². The fourth-order valence-electron chi connectivity index (χ4n) is 4.40. The van der Waals surface area contributed by atoms with Gasteiger partial charge in [-0.3, -0.25) is 9.80 Å². The average Bonchev–Trinajstić information content (AvgIpc) is 2.80. The van der Waals surface area contributed by atoms with Crippen molar-refractivity contribution in [3.8, 4) is 0 Å². The topological polar surface area (TPSA) is 99.5 Å². The van der Waals surface area contributed by atoms with Gasteiger partial charge in [0.2, 0.25) is 0 Å². The molecule has 0 aromatic heterocycles. The number of hydrogen-bond donors (Lipinski definition) is 2. The molecule has 0 radical (unpaired) electrons.